The molecule has 1 atom stereocenters. The van der Waals surface area contributed by atoms with Gasteiger partial charge in [0.15, 0.2) is 0 Å². The van der Waals surface area contributed by atoms with Crippen LogP contribution in [-0.4, -0.2) is 0 Å². The fourth-order valence-electron chi connectivity index (χ4n) is 3.50. The maximum Gasteiger partial charge on any atom is 0.144 e. The molecule has 1 unspecified atom stereocenters. The largest absolute Gasteiger partial charge is 1.00 e. The number of hydrogen-bond acceptors (Lipinski definition) is 0. The summed E-state index contributed by atoms with van der Waals surface area (Å²) in [6, 6.07) is 43.8. The Balaban J connectivity index is 0.00000131. The third-order valence-electron chi connectivity index (χ3n) is 4.57. The molecule has 0 nitrogen and oxygen atoms in total. The number of rotatable bonds is 4. The molecule has 0 radical (unpaired) electrons. The zero-order valence-corrected chi connectivity index (χ0v) is 19.4. The molecule has 0 saturated heterocycles. The zero-order valence-electron chi connectivity index (χ0n) is 15.5. The molecule has 0 aliphatic carbocycles. The van der Waals surface area contributed by atoms with E-state index in [1.165, 1.54) is 21.2 Å². The third-order valence-corrected chi connectivity index (χ3v) is 8.86. The summed E-state index contributed by atoms with van der Waals surface area (Å²) in [5.41, 5.74) is 0. The van der Waals surface area contributed by atoms with Crippen molar-refractivity contribution in [2.45, 2.75) is 0 Å². The van der Waals surface area contributed by atoms with Gasteiger partial charge in [0.1, 0.15) is 28.5 Å². The van der Waals surface area contributed by atoms with E-state index in [9.17, 15) is 0 Å². The summed E-state index contributed by atoms with van der Waals surface area (Å²) in [6.07, 6.45) is 0. The summed E-state index contributed by atoms with van der Waals surface area (Å²) in [6.45, 7) is 0. The highest BCUT2D eigenvalue weighted by atomic mass is 35.5. The lowest BCUT2D eigenvalue weighted by Gasteiger charge is -2.27. The lowest BCUT2D eigenvalue weighted by Crippen LogP contribution is -3.00. The van der Waals surface area contributed by atoms with E-state index in [-0.39, 0.29) is 34.7 Å². The average Bonchev–Trinajstić information content (AvgIpc) is 2.72. The first-order valence-corrected chi connectivity index (χ1v) is 10.3. The predicted octanol–water partition coefficient (Wildman–Crippen LogP) is 1.79. The minimum Gasteiger partial charge on any atom is -1.00 e. The molecule has 0 heterocycles. The van der Waals surface area contributed by atoms with Gasteiger partial charge in [0.2, 0.25) is 0 Å². The van der Waals surface area contributed by atoms with Gasteiger partial charge in [0.25, 0.3) is 0 Å². The number of hydrogen-bond donors (Lipinski definition) is 0. The van der Waals surface area contributed by atoms with Crippen molar-refractivity contribution in [3.63, 3.8) is 0 Å². The van der Waals surface area contributed by atoms with Crippen LogP contribution in [0.5, 0.6) is 0 Å². The Morgan fingerprint density at radius 2 is 0.536 bits per heavy atom. The first-order valence-electron chi connectivity index (χ1n) is 8.54. The van der Waals surface area contributed by atoms with E-state index in [2.05, 4.69) is 121 Å². The summed E-state index contributed by atoms with van der Waals surface area (Å²) >= 11 is 0. The molecule has 0 aromatic heterocycles. The molecule has 4 rings (SSSR count). The summed E-state index contributed by atoms with van der Waals surface area (Å²) in [5.74, 6) is 0. The van der Waals surface area contributed by atoms with E-state index in [1.807, 2.05) is 0 Å². The average molecular weight is 445 g/mol. The predicted molar refractivity (Wildman–Crippen MR) is 130 cm³/mol. The lowest BCUT2D eigenvalue weighted by atomic mass is 10.3. The van der Waals surface area contributed by atoms with Crippen molar-refractivity contribution in [3.8, 4) is 0 Å². The van der Waals surface area contributed by atoms with Gasteiger partial charge >= 0.3 is 0 Å². The minimum atomic E-state index is -1.91. The van der Waals surface area contributed by atoms with Gasteiger partial charge in [0.05, 0.1) is 0 Å². The lowest BCUT2D eigenvalue weighted by molar-refractivity contribution is -0.00000504. The Labute approximate surface area is 184 Å². The van der Waals surface area contributed by atoms with E-state index in [4.69, 9.17) is 0 Å². The fraction of sp³-hybridized carbons (Fsp3) is 0. The van der Waals surface area contributed by atoms with Crippen molar-refractivity contribution < 1.29 is 12.4 Å². The van der Waals surface area contributed by atoms with Gasteiger partial charge in [-0.25, -0.2) is 0 Å². The van der Waals surface area contributed by atoms with Gasteiger partial charge in [-0.3, -0.25) is 0 Å². The van der Waals surface area contributed by atoms with Crippen LogP contribution in [0.2, 0.25) is 0 Å². The normalized spacial score (nSPS) is 10.0. The Bertz CT molecular complexity index is 768. The summed E-state index contributed by atoms with van der Waals surface area (Å²) < 4.78 is 0. The van der Waals surface area contributed by atoms with Crippen LogP contribution in [0, 0.1) is 0 Å². The maximum absolute atomic E-state index is 2.28. The van der Waals surface area contributed by atoms with Crippen molar-refractivity contribution in [2.75, 3.05) is 0 Å². The van der Waals surface area contributed by atoms with Crippen LogP contribution in [0.1, 0.15) is 0 Å². The number of benzene rings is 4. The Kier molecular flexibility index (Phi) is 9.88. The van der Waals surface area contributed by atoms with Gasteiger partial charge in [0, 0.05) is 0 Å². The summed E-state index contributed by atoms with van der Waals surface area (Å²) in [5, 5.41) is 5.55. The van der Waals surface area contributed by atoms with Gasteiger partial charge in [-0.05, 0) is 48.5 Å². The Hall–Kier alpha value is -1.68. The summed E-state index contributed by atoms with van der Waals surface area (Å²) in [7, 11) is -1.91. The van der Waals surface area contributed by atoms with Crippen molar-refractivity contribution >= 4 is 50.8 Å². The van der Waals surface area contributed by atoms with E-state index in [1.54, 1.807) is 0 Å². The van der Waals surface area contributed by atoms with Gasteiger partial charge in [-0.1, -0.05) is 72.8 Å². The highest BCUT2D eigenvalue weighted by Gasteiger charge is 2.47. The molecule has 0 aliphatic heterocycles. The molecule has 0 spiro atoms. The van der Waals surface area contributed by atoms with Crippen molar-refractivity contribution in [1.29, 1.82) is 0 Å². The first kappa shape index (κ1) is 24.4. The summed E-state index contributed by atoms with van der Waals surface area (Å²) in [4.78, 5) is 0. The first-order chi connectivity index (χ1) is 12.4. The Morgan fingerprint density at radius 3 is 0.714 bits per heavy atom. The van der Waals surface area contributed by atoms with Gasteiger partial charge in [-0.2, -0.15) is 9.90 Å². The van der Waals surface area contributed by atoms with Gasteiger partial charge < -0.3 is 12.4 Å². The fourth-order valence-corrected chi connectivity index (χ4v) is 7.77. The topological polar surface area (TPSA) is 0 Å². The number of halogens is 2. The highest BCUT2D eigenvalue weighted by Crippen LogP contribution is 2.53. The second-order valence-corrected chi connectivity index (χ2v) is 9.42. The van der Waals surface area contributed by atoms with Crippen molar-refractivity contribution in [3.05, 3.63) is 121 Å². The maximum atomic E-state index is 2.28. The molecule has 0 aliphatic rings. The zero-order chi connectivity index (χ0) is 17.0. The molecule has 0 saturated carbocycles. The van der Waals surface area contributed by atoms with E-state index >= 15 is 0 Å². The molecule has 0 bridgehead atoms. The minimum absolute atomic E-state index is 0. The van der Waals surface area contributed by atoms with E-state index in [0.29, 0.717) is 0 Å². The van der Waals surface area contributed by atoms with Crippen molar-refractivity contribution in [1.82, 2.24) is 0 Å². The molecular formula is C24H24Cl2P2. The van der Waals surface area contributed by atoms with Crippen molar-refractivity contribution in [2.24, 2.45) is 0 Å². The molecule has 4 heteroatoms. The second kappa shape index (κ2) is 11.4. The monoisotopic (exact) mass is 444 g/mol. The van der Waals surface area contributed by atoms with Crippen LogP contribution in [0.3, 0.4) is 0 Å². The van der Waals surface area contributed by atoms with Gasteiger partial charge in [-0.15, -0.1) is 12.4 Å². The van der Waals surface area contributed by atoms with Crippen LogP contribution in [0.4, 0.5) is 0 Å². The van der Waals surface area contributed by atoms with E-state index in [0.717, 1.165) is 0 Å². The molecule has 4 aromatic carbocycles. The van der Waals surface area contributed by atoms with E-state index < -0.39 is 7.26 Å². The van der Waals surface area contributed by atoms with Crippen LogP contribution in [0.15, 0.2) is 121 Å². The van der Waals surface area contributed by atoms with Crippen LogP contribution in [-0.2, 0) is 0 Å². The molecule has 4 aromatic rings. The molecule has 0 N–H and O–H groups in total. The molecule has 0 amide bonds. The molecular weight excluding hydrogens is 421 g/mol. The molecule has 0 fully saturated rings. The standard InChI is InChI=1S/C24H20P.2ClH.H3P/c1-5-13-21(14-6-1)25(22-15-7-2-8-16-22,23-17-9-3-10-18-23)24-19-11-4-12-20-24;;;/h1-20H;2*1H;1H3/q+1;;;/p-1. The van der Waals surface area contributed by atoms with Crippen LogP contribution in [0.25, 0.3) is 0 Å². The quantitative estimate of drug-likeness (QED) is 0.421. The second-order valence-electron chi connectivity index (χ2n) is 6.01. The van der Waals surface area contributed by atoms with Crippen LogP contribution < -0.4 is 33.6 Å². The Morgan fingerprint density at radius 1 is 0.357 bits per heavy atom. The highest BCUT2D eigenvalue weighted by molar-refractivity contribution is 8.01. The smallest absolute Gasteiger partial charge is 0.144 e. The molecule has 28 heavy (non-hydrogen) atoms. The SMILES string of the molecule is Cl.P.[Cl-].c1ccc([P+](c2ccccc2)(c2ccccc2)c2ccccc2)cc1. The van der Waals surface area contributed by atoms with Crippen LogP contribution >= 0.6 is 29.6 Å². The third kappa shape index (κ3) is 4.48. The molecule has 144 valence electrons.